The van der Waals surface area contributed by atoms with Crippen LogP contribution >= 0.6 is 0 Å². The van der Waals surface area contributed by atoms with E-state index >= 15 is 0 Å². The number of para-hydroxylation sites is 1. The fraction of sp³-hybridized carbons (Fsp3) is 0.625. The Morgan fingerprint density at radius 3 is 2.58 bits per heavy atom. The predicted octanol–water partition coefficient (Wildman–Crippen LogP) is 3.03. The van der Waals surface area contributed by atoms with Crippen molar-refractivity contribution in [2.75, 3.05) is 20.3 Å². The molecule has 0 spiro atoms. The van der Waals surface area contributed by atoms with Crippen molar-refractivity contribution in [2.24, 2.45) is 0 Å². The van der Waals surface area contributed by atoms with Gasteiger partial charge >= 0.3 is 0 Å². The molecule has 0 radical (unpaired) electrons. The summed E-state index contributed by atoms with van der Waals surface area (Å²) in [6.07, 6.45) is 2.36. The van der Waals surface area contributed by atoms with E-state index in [-0.39, 0.29) is 0 Å². The quantitative estimate of drug-likeness (QED) is 0.696. The molecular formula is C16H27NO2. The first-order valence-corrected chi connectivity index (χ1v) is 7.10. The SMILES string of the molecule is COc1ccccc1CC(C)NCCCOC(C)C. The second kappa shape index (κ2) is 8.94. The van der Waals surface area contributed by atoms with Crippen molar-refractivity contribution in [1.82, 2.24) is 5.32 Å². The highest BCUT2D eigenvalue weighted by Crippen LogP contribution is 2.18. The van der Waals surface area contributed by atoms with E-state index in [1.165, 1.54) is 5.56 Å². The number of benzene rings is 1. The minimum absolute atomic E-state index is 0.325. The van der Waals surface area contributed by atoms with Crippen molar-refractivity contribution in [2.45, 2.75) is 45.8 Å². The normalized spacial score (nSPS) is 12.7. The number of ether oxygens (including phenoxy) is 2. The summed E-state index contributed by atoms with van der Waals surface area (Å²) in [6.45, 7) is 8.15. The molecule has 19 heavy (non-hydrogen) atoms. The molecule has 1 N–H and O–H groups in total. The molecule has 108 valence electrons. The van der Waals surface area contributed by atoms with Gasteiger partial charge in [-0.25, -0.2) is 0 Å². The number of hydrogen-bond acceptors (Lipinski definition) is 3. The van der Waals surface area contributed by atoms with Crippen molar-refractivity contribution in [3.63, 3.8) is 0 Å². The lowest BCUT2D eigenvalue weighted by Gasteiger charge is -2.16. The van der Waals surface area contributed by atoms with Gasteiger partial charge in [0.15, 0.2) is 0 Å². The minimum Gasteiger partial charge on any atom is -0.496 e. The first kappa shape index (κ1) is 16.0. The Morgan fingerprint density at radius 1 is 1.16 bits per heavy atom. The molecule has 0 amide bonds. The van der Waals surface area contributed by atoms with Gasteiger partial charge in [-0.3, -0.25) is 0 Å². The van der Waals surface area contributed by atoms with Gasteiger partial charge in [-0.05, 0) is 51.8 Å². The topological polar surface area (TPSA) is 30.5 Å². The van der Waals surface area contributed by atoms with Gasteiger partial charge in [0.25, 0.3) is 0 Å². The van der Waals surface area contributed by atoms with E-state index < -0.39 is 0 Å². The lowest BCUT2D eigenvalue weighted by atomic mass is 10.1. The van der Waals surface area contributed by atoms with Crippen LogP contribution in [-0.2, 0) is 11.2 Å². The molecule has 0 bridgehead atoms. The Morgan fingerprint density at radius 2 is 1.89 bits per heavy atom. The van der Waals surface area contributed by atoms with E-state index in [0.29, 0.717) is 12.1 Å². The zero-order chi connectivity index (χ0) is 14.1. The fourth-order valence-corrected chi connectivity index (χ4v) is 2.01. The molecule has 1 unspecified atom stereocenters. The molecular weight excluding hydrogens is 238 g/mol. The summed E-state index contributed by atoms with van der Waals surface area (Å²) < 4.78 is 10.9. The van der Waals surface area contributed by atoms with Gasteiger partial charge in [-0.15, -0.1) is 0 Å². The monoisotopic (exact) mass is 265 g/mol. The highest BCUT2D eigenvalue weighted by molar-refractivity contribution is 5.33. The maximum atomic E-state index is 5.52. The zero-order valence-corrected chi connectivity index (χ0v) is 12.6. The van der Waals surface area contributed by atoms with Crippen LogP contribution in [0.1, 0.15) is 32.8 Å². The largest absolute Gasteiger partial charge is 0.496 e. The molecule has 1 atom stereocenters. The smallest absolute Gasteiger partial charge is 0.122 e. The summed E-state index contributed by atoms with van der Waals surface area (Å²) in [5.41, 5.74) is 1.25. The van der Waals surface area contributed by atoms with Crippen LogP contribution in [0.15, 0.2) is 24.3 Å². The second-order valence-electron chi connectivity index (χ2n) is 5.14. The van der Waals surface area contributed by atoms with Gasteiger partial charge in [0.05, 0.1) is 13.2 Å². The molecule has 0 aromatic heterocycles. The summed E-state index contributed by atoms with van der Waals surface area (Å²) in [4.78, 5) is 0. The number of hydrogen-bond donors (Lipinski definition) is 1. The molecule has 0 fully saturated rings. The Balaban J connectivity index is 2.25. The van der Waals surface area contributed by atoms with E-state index in [1.54, 1.807) is 7.11 Å². The average Bonchev–Trinajstić information content (AvgIpc) is 2.38. The highest BCUT2D eigenvalue weighted by Gasteiger charge is 2.07. The van der Waals surface area contributed by atoms with Crippen LogP contribution in [0, 0.1) is 0 Å². The van der Waals surface area contributed by atoms with Crippen LogP contribution in [0.3, 0.4) is 0 Å². The van der Waals surface area contributed by atoms with E-state index in [9.17, 15) is 0 Å². The van der Waals surface area contributed by atoms with Crippen molar-refractivity contribution in [3.05, 3.63) is 29.8 Å². The molecule has 0 aliphatic carbocycles. The number of methoxy groups -OCH3 is 1. The highest BCUT2D eigenvalue weighted by atomic mass is 16.5. The molecule has 3 nitrogen and oxygen atoms in total. The lowest BCUT2D eigenvalue weighted by Crippen LogP contribution is -2.29. The maximum absolute atomic E-state index is 5.52. The predicted molar refractivity (Wildman–Crippen MR) is 79.9 cm³/mol. The van der Waals surface area contributed by atoms with Crippen LogP contribution in [0.2, 0.25) is 0 Å². The van der Waals surface area contributed by atoms with Crippen LogP contribution in [0.5, 0.6) is 5.75 Å². The van der Waals surface area contributed by atoms with Gasteiger partial charge in [0, 0.05) is 12.6 Å². The molecule has 0 saturated carbocycles. The summed E-state index contributed by atoms with van der Waals surface area (Å²) in [5.74, 6) is 0.972. The molecule has 0 aliphatic rings. The second-order valence-corrected chi connectivity index (χ2v) is 5.14. The van der Waals surface area contributed by atoms with Crippen molar-refractivity contribution >= 4 is 0 Å². The molecule has 0 saturated heterocycles. The molecule has 3 heteroatoms. The third kappa shape index (κ3) is 6.60. The number of nitrogens with one attached hydrogen (secondary N) is 1. The average molecular weight is 265 g/mol. The third-order valence-corrected chi connectivity index (χ3v) is 2.98. The van der Waals surface area contributed by atoms with Crippen LogP contribution in [0.4, 0.5) is 0 Å². The number of rotatable bonds is 9. The van der Waals surface area contributed by atoms with Gasteiger partial charge in [0.1, 0.15) is 5.75 Å². The maximum Gasteiger partial charge on any atom is 0.122 e. The van der Waals surface area contributed by atoms with Gasteiger partial charge in [0.2, 0.25) is 0 Å². The van der Waals surface area contributed by atoms with Gasteiger partial charge in [-0.1, -0.05) is 18.2 Å². The van der Waals surface area contributed by atoms with Crippen LogP contribution < -0.4 is 10.1 Å². The molecule has 1 rings (SSSR count). The minimum atomic E-state index is 0.325. The first-order valence-electron chi connectivity index (χ1n) is 7.10. The Labute approximate surface area is 117 Å². The van der Waals surface area contributed by atoms with Crippen LogP contribution in [0.25, 0.3) is 0 Å². The Hall–Kier alpha value is -1.06. The molecule has 1 aromatic rings. The summed E-state index contributed by atoms with van der Waals surface area (Å²) in [6, 6.07) is 8.64. The standard InChI is InChI=1S/C16H27NO2/c1-13(2)19-11-7-10-17-14(3)12-15-8-5-6-9-16(15)18-4/h5-6,8-9,13-14,17H,7,10-12H2,1-4H3. The van der Waals surface area contributed by atoms with Crippen molar-refractivity contribution in [1.29, 1.82) is 0 Å². The summed E-state index contributed by atoms with van der Waals surface area (Å²) >= 11 is 0. The van der Waals surface area contributed by atoms with E-state index in [4.69, 9.17) is 9.47 Å². The van der Waals surface area contributed by atoms with E-state index in [1.807, 2.05) is 12.1 Å². The Kier molecular flexibility index (Phi) is 7.53. The zero-order valence-electron chi connectivity index (χ0n) is 12.6. The molecule has 1 aromatic carbocycles. The third-order valence-electron chi connectivity index (χ3n) is 2.98. The fourth-order valence-electron chi connectivity index (χ4n) is 2.01. The van der Waals surface area contributed by atoms with Crippen molar-refractivity contribution in [3.8, 4) is 5.75 Å². The van der Waals surface area contributed by atoms with Gasteiger partial charge < -0.3 is 14.8 Å². The summed E-state index contributed by atoms with van der Waals surface area (Å²) in [7, 11) is 1.72. The Bertz CT molecular complexity index is 352. The van der Waals surface area contributed by atoms with Gasteiger partial charge in [-0.2, -0.15) is 0 Å². The van der Waals surface area contributed by atoms with Crippen molar-refractivity contribution < 1.29 is 9.47 Å². The molecule has 0 heterocycles. The lowest BCUT2D eigenvalue weighted by molar-refractivity contribution is 0.0768. The van der Waals surface area contributed by atoms with E-state index in [2.05, 4.69) is 38.2 Å². The van der Waals surface area contributed by atoms with E-state index in [0.717, 1.165) is 31.7 Å². The first-order chi connectivity index (χ1) is 9.13. The summed E-state index contributed by atoms with van der Waals surface area (Å²) in [5, 5.41) is 3.52. The van der Waals surface area contributed by atoms with Crippen LogP contribution in [-0.4, -0.2) is 32.4 Å². The molecule has 0 aliphatic heterocycles.